The average molecular weight is 284 g/mol. The second-order valence-electron chi connectivity index (χ2n) is 3.96. The number of rotatable bonds is 5. The average Bonchev–Trinajstić information content (AvgIpc) is 2.91. The Morgan fingerprint density at radius 3 is 2.84 bits per heavy atom. The molecule has 0 saturated heterocycles. The third-order valence-corrected chi connectivity index (χ3v) is 2.76. The first-order valence-corrected chi connectivity index (χ1v) is 5.98. The van der Waals surface area contributed by atoms with Crippen molar-refractivity contribution in [1.82, 2.24) is 29.7 Å². The number of aromatic nitrogens is 6. The quantitative estimate of drug-likeness (QED) is 0.793. The molecule has 2 aromatic heterocycles. The van der Waals surface area contributed by atoms with Gasteiger partial charge in [-0.2, -0.15) is 24.7 Å². The van der Waals surface area contributed by atoms with Gasteiger partial charge in [0.05, 0.1) is 12.6 Å². The molecule has 0 saturated carbocycles. The van der Waals surface area contributed by atoms with Gasteiger partial charge in [0.2, 0.25) is 11.2 Å². The van der Waals surface area contributed by atoms with E-state index < -0.39 is 0 Å². The molecule has 0 spiro atoms. The van der Waals surface area contributed by atoms with Crippen molar-refractivity contribution >= 4 is 17.5 Å². The fraction of sp³-hybridized carbons (Fsp3) is 0.500. The van der Waals surface area contributed by atoms with Gasteiger partial charge in [0.15, 0.2) is 0 Å². The summed E-state index contributed by atoms with van der Waals surface area (Å²) in [5, 5.41) is 4.06. The van der Waals surface area contributed by atoms with Gasteiger partial charge in [-0.25, -0.2) is 4.98 Å². The van der Waals surface area contributed by atoms with Crippen molar-refractivity contribution in [2.45, 2.75) is 13.0 Å². The summed E-state index contributed by atoms with van der Waals surface area (Å²) >= 11 is 5.91. The van der Waals surface area contributed by atoms with Crippen molar-refractivity contribution in [1.29, 1.82) is 0 Å². The summed E-state index contributed by atoms with van der Waals surface area (Å²) in [4.78, 5) is 18.1. The highest BCUT2D eigenvalue weighted by Gasteiger charge is 2.15. The Balaban J connectivity index is 2.31. The van der Waals surface area contributed by atoms with Crippen LogP contribution in [0.4, 0.5) is 5.95 Å². The second-order valence-corrected chi connectivity index (χ2v) is 4.30. The van der Waals surface area contributed by atoms with Gasteiger partial charge < -0.3 is 9.64 Å². The van der Waals surface area contributed by atoms with E-state index in [9.17, 15) is 0 Å². The molecular weight excluding hydrogens is 270 g/mol. The van der Waals surface area contributed by atoms with E-state index >= 15 is 0 Å². The molecule has 2 heterocycles. The molecule has 8 nitrogen and oxygen atoms in total. The van der Waals surface area contributed by atoms with E-state index in [0.717, 1.165) is 0 Å². The number of hydrogen-bond acceptors (Lipinski definition) is 7. The van der Waals surface area contributed by atoms with Crippen molar-refractivity contribution in [2.75, 3.05) is 25.7 Å². The Labute approximate surface area is 115 Å². The summed E-state index contributed by atoms with van der Waals surface area (Å²) in [6, 6.07) is 0.104. The van der Waals surface area contributed by atoms with Gasteiger partial charge in [-0.3, -0.25) is 0 Å². The van der Waals surface area contributed by atoms with Crippen LogP contribution in [0.1, 0.15) is 6.92 Å². The van der Waals surface area contributed by atoms with Crippen molar-refractivity contribution in [3.63, 3.8) is 0 Å². The van der Waals surface area contributed by atoms with Crippen molar-refractivity contribution < 1.29 is 4.74 Å². The van der Waals surface area contributed by atoms with Crippen LogP contribution < -0.4 is 4.90 Å². The van der Waals surface area contributed by atoms with Gasteiger partial charge in [0.1, 0.15) is 12.7 Å². The lowest BCUT2D eigenvalue weighted by Gasteiger charge is -2.24. The monoisotopic (exact) mass is 283 g/mol. The van der Waals surface area contributed by atoms with Gasteiger partial charge >= 0.3 is 0 Å². The Morgan fingerprint density at radius 1 is 1.42 bits per heavy atom. The lowest BCUT2D eigenvalue weighted by atomic mass is 10.3. The number of nitrogens with zero attached hydrogens (tertiary/aromatic N) is 7. The minimum atomic E-state index is 0.104. The molecule has 1 atom stereocenters. The van der Waals surface area contributed by atoms with Gasteiger partial charge in [-0.15, -0.1) is 0 Å². The van der Waals surface area contributed by atoms with Gasteiger partial charge in [0, 0.05) is 14.2 Å². The zero-order valence-corrected chi connectivity index (χ0v) is 11.6. The fourth-order valence-corrected chi connectivity index (χ4v) is 1.60. The maximum absolute atomic E-state index is 5.91. The van der Waals surface area contributed by atoms with Crippen LogP contribution in [0.2, 0.25) is 5.28 Å². The third-order valence-electron chi connectivity index (χ3n) is 2.59. The topological polar surface area (TPSA) is 81.9 Å². The SMILES string of the molecule is COCC(C)N(C)c1nc(Cl)nc(-n2cncn2)n1. The van der Waals surface area contributed by atoms with Crippen molar-refractivity contribution in [3.05, 3.63) is 17.9 Å². The minimum Gasteiger partial charge on any atom is -0.383 e. The van der Waals surface area contributed by atoms with Crippen molar-refractivity contribution in [3.8, 4) is 5.95 Å². The van der Waals surface area contributed by atoms with E-state index in [1.165, 1.54) is 17.3 Å². The molecule has 102 valence electrons. The van der Waals surface area contributed by atoms with Crippen LogP contribution in [0.5, 0.6) is 0 Å². The number of likely N-dealkylation sites (N-methyl/N-ethyl adjacent to an activating group) is 1. The third kappa shape index (κ3) is 3.15. The largest absolute Gasteiger partial charge is 0.383 e. The molecule has 9 heteroatoms. The Kier molecular flexibility index (Phi) is 4.23. The standard InChI is InChI=1S/C10H14ClN7O/c1-7(4-19-3)17(2)9-14-8(11)15-10(16-9)18-6-12-5-13-18/h5-7H,4H2,1-3H3. The highest BCUT2D eigenvalue weighted by atomic mass is 35.5. The molecule has 1 unspecified atom stereocenters. The molecular formula is C10H14ClN7O. The van der Waals surface area contributed by atoms with E-state index in [4.69, 9.17) is 16.3 Å². The highest BCUT2D eigenvalue weighted by Crippen LogP contribution is 2.13. The summed E-state index contributed by atoms with van der Waals surface area (Å²) < 4.78 is 6.53. The van der Waals surface area contributed by atoms with Crippen molar-refractivity contribution in [2.24, 2.45) is 0 Å². The first kappa shape index (κ1) is 13.6. The zero-order chi connectivity index (χ0) is 13.8. The number of methoxy groups -OCH3 is 1. The lowest BCUT2D eigenvalue weighted by Crippen LogP contribution is -2.34. The highest BCUT2D eigenvalue weighted by molar-refractivity contribution is 6.28. The van der Waals surface area contributed by atoms with Crippen LogP contribution in [0.3, 0.4) is 0 Å². The molecule has 0 aromatic carbocycles. The molecule has 2 aromatic rings. The zero-order valence-electron chi connectivity index (χ0n) is 10.9. The Bertz CT molecular complexity index is 533. The first-order valence-electron chi connectivity index (χ1n) is 5.60. The van der Waals surface area contributed by atoms with E-state index in [0.29, 0.717) is 18.5 Å². The summed E-state index contributed by atoms with van der Waals surface area (Å²) in [5.74, 6) is 0.777. The molecule has 19 heavy (non-hydrogen) atoms. The normalized spacial score (nSPS) is 12.4. The maximum atomic E-state index is 5.91. The van der Waals surface area contributed by atoms with E-state index in [-0.39, 0.29) is 11.3 Å². The van der Waals surface area contributed by atoms with E-state index in [1.54, 1.807) is 7.11 Å². The Hall–Kier alpha value is -1.80. The molecule has 0 radical (unpaired) electrons. The molecule has 0 aliphatic heterocycles. The van der Waals surface area contributed by atoms with E-state index in [1.807, 2.05) is 18.9 Å². The smallest absolute Gasteiger partial charge is 0.258 e. The first-order chi connectivity index (χ1) is 9.11. The lowest BCUT2D eigenvalue weighted by molar-refractivity contribution is 0.183. The van der Waals surface area contributed by atoms with Crippen LogP contribution in [0.15, 0.2) is 12.7 Å². The number of halogens is 1. The van der Waals surface area contributed by atoms with Gasteiger partial charge in [-0.1, -0.05) is 0 Å². The van der Waals surface area contributed by atoms with Crippen LogP contribution in [-0.4, -0.2) is 56.5 Å². The van der Waals surface area contributed by atoms with E-state index in [2.05, 4.69) is 25.0 Å². The molecule has 0 amide bonds. The number of hydrogen-bond donors (Lipinski definition) is 0. The Morgan fingerprint density at radius 2 is 2.21 bits per heavy atom. The summed E-state index contributed by atoms with van der Waals surface area (Å²) in [7, 11) is 3.51. The van der Waals surface area contributed by atoms with Crippen LogP contribution in [-0.2, 0) is 4.74 Å². The predicted molar refractivity (Wildman–Crippen MR) is 69.5 cm³/mol. The predicted octanol–water partition coefficient (Wildman–Crippen LogP) is 0.577. The molecule has 0 aliphatic carbocycles. The molecule has 2 rings (SSSR count). The second kappa shape index (κ2) is 5.89. The van der Waals surface area contributed by atoms with Gasteiger partial charge in [-0.05, 0) is 18.5 Å². The summed E-state index contributed by atoms with van der Waals surface area (Å²) in [6.45, 7) is 2.55. The molecule has 0 N–H and O–H groups in total. The summed E-state index contributed by atoms with van der Waals surface area (Å²) in [6.07, 6.45) is 2.89. The van der Waals surface area contributed by atoms with Crippen LogP contribution >= 0.6 is 11.6 Å². The fourth-order valence-electron chi connectivity index (χ4n) is 1.45. The number of anilines is 1. The van der Waals surface area contributed by atoms with Crippen LogP contribution in [0, 0.1) is 0 Å². The minimum absolute atomic E-state index is 0.104. The summed E-state index contributed by atoms with van der Waals surface area (Å²) in [5.41, 5.74) is 0. The van der Waals surface area contributed by atoms with Crippen LogP contribution in [0.25, 0.3) is 5.95 Å². The number of ether oxygens (including phenoxy) is 1. The molecule has 0 fully saturated rings. The van der Waals surface area contributed by atoms with Gasteiger partial charge in [0.25, 0.3) is 5.95 Å². The molecule has 0 aliphatic rings. The molecule has 0 bridgehead atoms. The maximum Gasteiger partial charge on any atom is 0.258 e.